The number of carbonyl (C=O) groups excluding carboxylic acids is 1. The van der Waals surface area contributed by atoms with Crippen molar-refractivity contribution in [2.24, 2.45) is 0 Å². The monoisotopic (exact) mass is 346 g/mol. The predicted octanol–water partition coefficient (Wildman–Crippen LogP) is 2.51. The zero-order chi connectivity index (χ0) is 18.2. The minimum Gasteiger partial charge on any atom is -0.492 e. The van der Waals surface area contributed by atoms with Crippen LogP contribution in [0.2, 0.25) is 0 Å². The Kier molecular flexibility index (Phi) is 4.14. The van der Waals surface area contributed by atoms with E-state index in [0.717, 1.165) is 0 Å². The van der Waals surface area contributed by atoms with Crippen molar-refractivity contribution in [3.8, 4) is 11.8 Å². The maximum Gasteiger partial charge on any atom is 0.410 e. The summed E-state index contributed by atoms with van der Waals surface area (Å²) in [6, 6.07) is 3.41. The zero-order valence-corrected chi connectivity index (χ0v) is 14.8. The molecule has 8 heteroatoms. The number of pyridine rings is 1. The van der Waals surface area contributed by atoms with E-state index >= 15 is 0 Å². The summed E-state index contributed by atoms with van der Waals surface area (Å²) in [5.74, 6) is 0.174. The van der Waals surface area contributed by atoms with E-state index in [-0.39, 0.29) is 17.5 Å². The highest BCUT2D eigenvalue weighted by atomic mass is 16.6. The van der Waals surface area contributed by atoms with Crippen molar-refractivity contribution in [2.45, 2.75) is 45.3 Å². The largest absolute Gasteiger partial charge is 0.492 e. The molecule has 2 aromatic rings. The van der Waals surface area contributed by atoms with Gasteiger partial charge in [0.25, 0.3) is 0 Å². The number of hydrogen-bond acceptors (Lipinski definition) is 7. The first-order valence-corrected chi connectivity index (χ1v) is 8.19. The number of ether oxygens (including phenoxy) is 2. The van der Waals surface area contributed by atoms with E-state index in [1.54, 1.807) is 17.0 Å². The Hall–Kier alpha value is -2.64. The van der Waals surface area contributed by atoms with Crippen LogP contribution in [0.3, 0.4) is 0 Å². The molecule has 25 heavy (non-hydrogen) atoms. The topological polar surface area (TPSA) is 97.7 Å². The van der Waals surface area contributed by atoms with Gasteiger partial charge in [-0.3, -0.25) is 0 Å². The second kappa shape index (κ2) is 6.02. The quantitative estimate of drug-likeness (QED) is 0.912. The van der Waals surface area contributed by atoms with Gasteiger partial charge in [-0.05, 0) is 33.3 Å². The first-order chi connectivity index (χ1) is 11.7. The molecule has 1 amide bonds. The second-order valence-electron chi connectivity index (χ2n) is 7.19. The Morgan fingerprint density at radius 1 is 1.32 bits per heavy atom. The average molecular weight is 346 g/mol. The molecule has 0 aliphatic carbocycles. The van der Waals surface area contributed by atoms with Crippen molar-refractivity contribution in [3.63, 3.8) is 0 Å². The molecule has 0 saturated carbocycles. The first-order valence-electron chi connectivity index (χ1n) is 8.19. The summed E-state index contributed by atoms with van der Waals surface area (Å²) in [5.41, 5.74) is -0.216. The first kappa shape index (κ1) is 17.2. The van der Waals surface area contributed by atoms with Crippen molar-refractivity contribution in [2.75, 3.05) is 13.1 Å². The van der Waals surface area contributed by atoms with Gasteiger partial charge in [-0.25, -0.2) is 19.7 Å². The van der Waals surface area contributed by atoms with Crippen molar-refractivity contribution in [3.05, 3.63) is 18.5 Å². The van der Waals surface area contributed by atoms with Gasteiger partial charge >= 0.3 is 6.09 Å². The molecule has 0 aromatic carbocycles. The molecule has 3 heterocycles. The number of carbonyl (C=O) groups is 1. The van der Waals surface area contributed by atoms with E-state index in [9.17, 15) is 9.90 Å². The zero-order valence-electron chi connectivity index (χ0n) is 14.8. The molecule has 3 rings (SSSR count). The third-order valence-electron chi connectivity index (χ3n) is 4.01. The lowest BCUT2D eigenvalue weighted by atomic mass is 9.91. The maximum atomic E-state index is 12.1. The fourth-order valence-electron chi connectivity index (χ4n) is 2.65. The molecule has 0 atom stereocenters. The van der Waals surface area contributed by atoms with Gasteiger partial charge in [0, 0.05) is 6.07 Å². The van der Waals surface area contributed by atoms with Gasteiger partial charge in [-0.1, -0.05) is 6.92 Å². The Morgan fingerprint density at radius 2 is 2.04 bits per heavy atom. The summed E-state index contributed by atoms with van der Waals surface area (Å²) in [6.07, 6.45) is 1.64. The van der Waals surface area contributed by atoms with Crippen LogP contribution in [0.5, 0.6) is 11.8 Å². The number of aromatic nitrogens is 3. The number of rotatable bonds is 3. The molecule has 8 nitrogen and oxygen atoms in total. The second-order valence-corrected chi connectivity index (χ2v) is 7.19. The molecular formula is C17H22N4O4. The van der Waals surface area contributed by atoms with Crippen LogP contribution < -0.4 is 4.74 Å². The van der Waals surface area contributed by atoms with E-state index in [1.807, 2.05) is 27.7 Å². The standard InChI is InChI=1S/C17H22N4O4/c1-5-17(8-21(9-17)15(23)25-16(2,3)4)24-12-7-6-11-13(20-12)14(22)19-10-18-11/h6-7,10H,5,8-9H2,1-4H3,(H,18,19,22). The number of nitrogens with zero attached hydrogens (tertiary/aromatic N) is 4. The van der Waals surface area contributed by atoms with Crippen LogP contribution in [-0.4, -0.2) is 55.3 Å². The molecule has 0 radical (unpaired) electrons. The minimum atomic E-state index is -0.528. The van der Waals surface area contributed by atoms with E-state index < -0.39 is 11.2 Å². The van der Waals surface area contributed by atoms with Gasteiger partial charge in [0.15, 0.2) is 5.52 Å². The fourth-order valence-corrected chi connectivity index (χ4v) is 2.65. The summed E-state index contributed by atoms with van der Waals surface area (Å²) in [4.78, 5) is 25.8. The third-order valence-corrected chi connectivity index (χ3v) is 4.01. The van der Waals surface area contributed by atoms with Crippen molar-refractivity contribution < 1.29 is 19.4 Å². The summed E-state index contributed by atoms with van der Waals surface area (Å²) in [7, 11) is 0. The Morgan fingerprint density at radius 3 is 2.68 bits per heavy atom. The lowest BCUT2D eigenvalue weighted by molar-refractivity contribution is -0.0851. The van der Waals surface area contributed by atoms with Gasteiger partial charge < -0.3 is 19.5 Å². The van der Waals surface area contributed by atoms with Crippen LogP contribution in [0.25, 0.3) is 11.0 Å². The molecule has 1 aliphatic heterocycles. The lowest BCUT2D eigenvalue weighted by Gasteiger charge is -2.48. The molecule has 134 valence electrons. The number of likely N-dealkylation sites (tertiary alicyclic amines) is 1. The van der Waals surface area contributed by atoms with E-state index in [1.165, 1.54) is 6.33 Å². The molecule has 0 spiro atoms. The van der Waals surface area contributed by atoms with E-state index in [4.69, 9.17) is 9.47 Å². The summed E-state index contributed by atoms with van der Waals surface area (Å²) < 4.78 is 11.4. The normalized spacial score (nSPS) is 16.4. The Balaban J connectivity index is 1.72. The van der Waals surface area contributed by atoms with E-state index in [0.29, 0.717) is 30.9 Å². The molecule has 1 fully saturated rings. The van der Waals surface area contributed by atoms with Crippen molar-refractivity contribution in [1.82, 2.24) is 19.9 Å². The average Bonchev–Trinajstić information content (AvgIpc) is 2.49. The smallest absolute Gasteiger partial charge is 0.410 e. The van der Waals surface area contributed by atoms with Crippen molar-refractivity contribution in [1.29, 1.82) is 0 Å². The third kappa shape index (κ3) is 3.57. The Labute approximate surface area is 145 Å². The Bertz CT molecular complexity index is 797. The number of aromatic hydroxyl groups is 1. The molecule has 1 aliphatic rings. The van der Waals surface area contributed by atoms with Crippen LogP contribution >= 0.6 is 0 Å². The maximum absolute atomic E-state index is 12.1. The molecule has 1 saturated heterocycles. The van der Waals surface area contributed by atoms with Crippen LogP contribution in [0.4, 0.5) is 4.79 Å². The molecular weight excluding hydrogens is 324 g/mol. The molecule has 0 unspecified atom stereocenters. The van der Waals surface area contributed by atoms with Gasteiger partial charge in [0.2, 0.25) is 11.8 Å². The number of hydrogen-bond donors (Lipinski definition) is 1. The predicted molar refractivity (Wildman–Crippen MR) is 90.5 cm³/mol. The fraction of sp³-hybridized carbons (Fsp3) is 0.529. The van der Waals surface area contributed by atoms with Crippen molar-refractivity contribution >= 4 is 17.1 Å². The molecule has 2 aromatic heterocycles. The van der Waals surface area contributed by atoms with Gasteiger partial charge in [-0.15, -0.1) is 0 Å². The minimum absolute atomic E-state index is 0.190. The van der Waals surface area contributed by atoms with E-state index in [2.05, 4.69) is 15.0 Å². The van der Waals surface area contributed by atoms with Crippen LogP contribution in [0.15, 0.2) is 18.5 Å². The molecule has 0 bridgehead atoms. The highest BCUT2D eigenvalue weighted by Gasteiger charge is 2.47. The van der Waals surface area contributed by atoms with Gasteiger partial charge in [0.1, 0.15) is 17.5 Å². The highest BCUT2D eigenvalue weighted by Crippen LogP contribution is 2.32. The van der Waals surface area contributed by atoms with Crippen LogP contribution in [0, 0.1) is 0 Å². The van der Waals surface area contributed by atoms with Gasteiger partial charge in [0.05, 0.1) is 18.6 Å². The number of fused-ring (bicyclic) bond motifs is 1. The van der Waals surface area contributed by atoms with Gasteiger partial charge in [-0.2, -0.15) is 0 Å². The number of amides is 1. The summed E-state index contributed by atoms with van der Waals surface area (Å²) in [5, 5.41) is 9.81. The van der Waals surface area contributed by atoms with Crippen LogP contribution in [0.1, 0.15) is 34.1 Å². The summed E-state index contributed by atoms with van der Waals surface area (Å²) >= 11 is 0. The SMILES string of the molecule is CCC1(Oc2ccc3ncnc(O)c3n2)CN(C(=O)OC(C)(C)C)C1. The molecule has 1 N–H and O–H groups in total. The highest BCUT2D eigenvalue weighted by molar-refractivity contribution is 5.78. The van der Waals surface area contributed by atoms with Crippen LogP contribution in [-0.2, 0) is 4.74 Å². The lowest BCUT2D eigenvalue weighted by Crippen LogP contribution is -2.66. The summed E-state index contributed by atoms with van der Waals surface area (Å²) in [6.45, 7) is 8.35.